The maximum absolute atomic E-state index is 6.27. The maximum atomic E-state index is 6.27. The first kappa shape index (κ1) is 14.7. The molecule has 0 amide bonds. The zero-order valence-corrected chi connectivity index (χ0v) is 12.3. The second kappa shape index (κ2) is 6.63. The molecule has 1 aromatic carbocycles. The summed E-state index contributed by atoms with van der Waals surface area (Å²) in [4.78, 5) is 6.54. The van der Waals surface area contributed by atoms with Crippen molar-refractivity contribution in [2.24, 2.45) is 5.73 Å². The van der Waals surface area contributed by atoms with E-state index in [1.54, 1.807) is 0 Å². The molecule has 20 heavy (non-hydrogen) atoms. The van der Waals surface area contributed by atoms with Gasteiger partial charge in [0.05, 0.1) is 5.92 Å². The predicted octanol–water partition coefficient (Wildman–Crippen LogP) is 1.98. The summed E-state index contributed by atoms with van der Waals surface area (Å²) < 4.78 is 5.34. The second-order valence-electron chi connectivity index (χ2n) is 5.33. The van der Waals surface area contributed by atoms with Crippen LogP contribution in [0.15, 0.2) is 34.9 Å². The van der Waals surface area contributed by atoms with Gasteiger partial charge in [-0.3, -0.25) is 0 Å². The topological polar surface area (TPSA) is 68.2 Å². The van der Waals surface area contributed by atoms with Crippen molar-refractivity contribution < 1.29 is 4.52 Å². The zero-order valence-electron chi connectivity index (χ0n) is 12.3. The maximum Gasteiger partial charge on any atom is 0.231 e. The van der Waals surface area contributed by atoms with Gasteiger partial charge in [-0.25, -0.2) is 0 Å². The average molecular weight is 274 g/mol. The quantitative estimate of drug-likeness (QED) is 0.872. The van der Waals surface area contributed by atoms with Crippen LogP contribution in [0.2, 0.25) is 0 Å². The minimum absolute atomic E-state index is 0.00185. The molecule has 0 radical (unpaired) electrons. The van der Waals surface area contributed by atoms with Crippen LogP contribution in [0, 0.1) is 0 Å². The van der Waals surface area contributed by atoms with Crippen LogP contribution in [0.1, 0.15) is 36.2 Å². The smallest absolute Gasteiger partial charge is 0.231 e. The lowest BCUT2D eigenvalue weighted by atomic mass is 9.95. The highest BCUT2D eigenvalue weighted by Gasteiger charge is 2.22. The van der Waals surface area contributed by atoms with Crippen LogP contribution in [-0.4, -0.2) is 35.7 Å². The van der Waals surface area contributed by atoms with Gasteiger partial charge in [0.25, 0.3) is 0 Å². The van der Waals surface area contributed by atoms with Crippen molar-refractivity contribution in [2.45, 2.75) is 25.3 Å². The highest BCUT2D eigenvalue weighted by atomic mass is 16.5. The van der Waals surface area contributed by atoms with Crippen molar-refractivity contribution in [2.75, 3.05) is 20.6 Å². The SMILES string of the molecule is CC(c1nc(CCN(C)C)no1)C(N)c1ccccc1. The van der Waals surface area contributed by atoms with Gasteiger partial charge in [-0.05, 0) is 19.7 Å². The fourth-order valence-corrected chi connectivity index (χ4v) is 2.00. The Hall–Kier alpha value is -1.72. The Morgan fingerprint density at radius 2 is 1.95 bits per heavy atom. The van der Waals surface area contributed by atoms with Gasteiger partial charge in [-0.2, -0.15) is 4.98 Å². The molecule has 0 saturated heterocycles. The fraction of sp³-hybridized carbons (Fsp3) is 0.467. The Balaban J connectivity index is 2.04. The van der Waals surface area contributed by atoms with Gasteiger partial charge in [0.1, 0.15) is 0 Å². The molecule has 2 rings (SSSR count). The highest BCUT2D eigenvalue weighted by molar-refractivity contribution is 5.21. The molecule has 0 fully saturated rings. The molecule has 2 unspecified atom stereocenters. The van der Waals surface area contributed by atoms with Crippen LogP contribution in [0.3, 0.4) is 0 Å². The Kier molecular flexibility index (Phi) is 4.87. The summed E-state index contributed by atoms with van der Waals surface area (Å²) in [6.07, 6.45) is 0.782. The van der Waals surface area contributed by atoms with Crippen molar-refractivity contribution in [3.63, 3.8) is 0 Å². The van der Waals surface area contributed by atoms with E-state index in [0.29, 0.717) is 5.89 Å². The Morgan fingerprint density at radius 3 is 2.60 bits per heavy atom. The first-order valence-corrected chi connectivity index (χ1v) is 6.85. The van der Waals surface area contributed by atoms with Crippen molar-refractivity contribution in [3.8, 4) is 0 Å². The summed E-state index contributed by atoms with van der Waals surface area (Å²) in [7, 11) is 4.05. The lowest BCUT2D eigenvalue weighted by molar-refractivity contribution is 0.337. The van der Waals surface area contributed by atoms with Crippen molar-refractivity contribution in [1.29, 1.82) is 0 Å². The molecule has 2 N–H and O–H groups in total. The number of aromatic nitrogens is 2. The van der Waals surface area contributed by atoms with Gasteiger partial charge in [0.2, 0.25) is 5.89 Å². The molecule has 0 bridgehead atoms. The van der Waals surface area contributed by atoms with E-state index in [1.807, 2.05) is 51.4 Å². The number of nitrogens with zero attached hydrogens (tertiary/aromatic N) is 3. The van der Waals surface area contributed by atoms with Crippen molar-refractivity contribution in [3.05, 3.63) is 47.6 Å². The summed E-state index contributed by atoms with van der Waals surface area (Å²) in [6, 6.07) is 9.84. The van der Waals surface area contributed by atoms with Gasteiger partial charge in [-0.1, -0.05) is 42.4 Å². The van der Waals surface area contributed by atoms with E-state index in [-0.39, 0.29) is 12.0 Å². The molecule has 5 nitrogen and oxygen atoms in total. The monoisotopic (exact) mass is 274 g/mol. The molecule has 0 saturated carbocycles. The van der Waals surface area contributed by atoms with E-state index >= 15 is 0 Å². The summed E-state index contributed by atoms with van der Waals surface area (Å²) in [5, 5.41) is 4.02. The van der Waals surface area contributed by atoms with E-state index in [0.717, 1.165) is 24.4 Å². The predicted molar refractivity (Wildman–Crippen MR) is 78.3 cm³/mol. The summed E-state index contributed by atoms with van der Waals surface area (Å²) in [5.74, 6) is 1.34. The van der Waals surface area contributed by atoms with E-state index < -0.39 is 0 Å². The van der Waals surface area contributed by atoms with E-state index in [1.165, 1.54) is 0 Å². The van der Waals surface area contributed by atoms with Gasteiger partial charge >= 0.3 is 0 Å². The molecule has 0 spiro atoms. The minimum Gasteiger partial charge on any atom is -0.339 e. The zero-order chi connectivity index (χ0) is 14.5. The third kappa shape index (κ3) is 3.65. The normalized spacial score (nSPS) is 14.4. The molecular weight excluding hydrogens is 252 g/mol. The first-order chi connectivity index (χ1) is 9.58. The molecule has 1 aromatic heterocycles. The van der Waals surface area contributed by atoms with E-state index in [2.05, 4.69) is 15.0 Å². The lowest BCUT2D eigenvalue weighted by Crippen LogP contribution is -2.18. The lowest BCUT2D eigenvalue weighted by Gasteiger charge is -2.16. The minimum atomic E-state index is -0.140. The van der Waals surface area contributed by atoms with Crippen LogP contribution in [0.5, 0.6) is 0 Å². The van der Waals surface area contributed by atoms with Crippen molar-refractivity contribution >= 4 is 0 Å². The van der Waals surface area contributed by atoms with Crippen LogP contribution >= 0.6 is 0 Å². The summed E-state index contributed by atoms with van der Waals surface area (Å²) >= 11 is 0. The van der Waals surface area contributed by atoms with Crippen molar-refractivity contribution in [1.82, 2.24) is 15.0 Å². The van der Waals surface area contributed by atoms with Crippen LogP contribution in [-0.2, 0) is 6.42 Å². The number of rotatable bonds is 6. The van der Waals surface area contributed by atoms with E-state index in [4.69, 9.17) is 10.3 Å². The largest absolute Gasteiger partial charge is 0.339 e. The first-order valence-electron chi connectivity index (χ1n) is 6.85. The number of nitrogens with two attached hydrogens (primary N) is 1. The number of likely N-dealkylation sites (N-methyl/N-ethyl adjacent to an activating group) is 1. The van der Waals surface area contributed by atoms with Gasteiger partial charge < -0.3 is 15.2 Å². The average Bonchev–Trinajstić information content (AvgIpc) is 2.93. The Labute approximate surface area is 119 Å². The third-order valence-electron chi connectivity index (χ3n) is 3.38. The Bertz CT molecular complexity index is 524. The number of benzene rings is 1. The molecule has 0 aliphatic carbocycles. The molecule has 0 aliphatic rings. The fourth-order valence-electron chi connectivity index (χ4n) is 2.00. The summed E-state index contributed by atoms with van der Waals surface area (Å²) in [6.45, 7) is 2.92. The molecule has 2 aromatic rings. The Morgan fingerprint density at radius 1 is 1.25 bits per heavy atom. The van der Waals surface area contributed by atoms with Gasteiger partial charge in [0, 0.05) is 19.0 Å². The van der Waals surface area contributed by atoms with Gasteiger partial charge in [-0.15, -0.1) is 0 Å². The molecule has 5 heteroatoms. The van der Waals surface area contributed by atoms with Crippen LogP contribution in [0.4, 0.5) is 0 Å². The number of hydrogen-bond acceptors (Lipinski definition) is 5. The molecule has 108 valence electrons. The van der Waals surface area contributed by atoms with Crippen LogP contribution < -0.4 is 5.73 Å². The second-order valence-corrected chi connectivity index (χ2v) is 5.33. The highest BCUT2D eigenvalue weighted by Crippen LogP contribution is 2.27. The summed E-state index contributed by atoms with van der Waals surface area (Å²) in [5.41, 5.74) is 7.34. The standard InChI is InChI=1S/C15H22N4O/c1-11(14(16)12-7-5-4-6-8-12)15-17-13(18-20-15)9-10-19(2)3/h4-8,11,14H,9-10,16H2,1-3H3. The molecule has 1 heterocycles. The molecule has 2 atom stereocenters. The number of hydrogen-bond donors (Lipinski definition) is 1. The molecule has 0 aliphatic heterocycles. The molecular formula is C15H22N4O. The van der Waals surface area contributed by atoms with E-state index in [9.17, 15) is 0 Å². The third-order valence-corrected chi connectivity index (χ3v) is 3.38. The van der Waals surface area contributed by atoms with Crippen LogP contribution in [0.25, 0.3) is 0 Å². The van der Waals surface area contributed by atoms with Gasteiger partial charge in [0.15, 0.2) is 5.82 Å².